The van der Waals surface area contributed by atoms with Crippen LogP contribution >= 0.6 is 0 Å². The van der Waals surface area contributed by atoms with E-state index in [0.29, 0.717) is 5.60 Å². The molecule has 0 aromatic carbocycles. The number of nitrogens with zero attached hydrogens (tertiary/aromatic N) is 1. The van der Waals surface area contributed by atoms with Crippen molar-refractivity contribution in [2.75, 3.05) is 32.8 Å². The van der Waals surface area contributed by atoms with Gasteiger partial charge in [-0.2, -0.15) is 0 Å². The average Bonchev–Trinajstić information content (AvgIpc) is 2.46. The second-order valence-electron chi connectivity index (χ2n) is 8.09. The van der Waals surface area contributed by atoms with Crippen molar-refractivity contribution in [3.63, 3.8) is 0 Å². The normalized spacial score (nSPS) is 33.3. The lowest BCUT2D eigenvalue weighted by Gasteiger charge is -2.50. The summed E-state index contributed by atoms with van der Waals surface area (Å²) in [6.45, 7) is 10.6. The van der Waals surface area contributed by atoms with Crippen LogP contribution in [0.1, 0.15) is 58.8 Å². The maximum absolute atomic E-state index is 6.10. The summed E-state index contributed by atoms with van der Waals surface area (Å²) < 4.78 is 6.10. The molecule has 1 spiro atoms. The van der Waals surface area contributed by atoms with Crippen molar-refractivity contribution in [2.45, 2.75) is 70.4 Å². The van der Waals surface area contributed by atoms with Gasteiger partial charge >= 0.3 is 0 Å². The number of nitrogens with one attached hydrogen (secondary N) is 1. The Morgan fingerprint density at radius 2 is 2.10 bits per heavy atom. The van der Waals surface area contributed by atoms with Crippen LogP contribution in [0.25, 0.3) is 0 Å². The van der Waals surface area contributed by atoms with Crippen LogP contribution in [-0.2, 0) is 4.74 Å². The van der Waals surface area contributed by atoms with Crippen molar-refractivity contribution < 1.29 is 4.74 Å². The molecule has 3 heteroatoms. The van der Waals surface area contributed by atoms with E-state index in [-0.39, 0.29) is 0 Å². The minimum absolute atomic E-state index is 0.297. The fourth-order valence-electron chi connectivity index (χ4n) is 4.40. The van der Waals surface area contributed by atoms with Gasteiger partial charge in [-0.05, 0) is 76.4 Å². The van der Waals surface area contributed by atoms with E-state index in [1.165, 1.54) is 64.6 Å². The molecule has 2 saturated heterocycles. The van der Waals surface area contributed by atoms with E-state index < -0.39 is 0 Å². The number of likely N-dealkylation sites (tertiary alicyclic amines) is 1. The monoisotopic (exact) mass is 294 g/mol. The summed E-state index contributed by atoms with van der Waals surface area (Å²) in [6.07, 6.45) is 9.38. The summed E-state index contributed by atoms with van der Waals surface area (Å²) in [4.78, 5) is 2.80. The minimum atomic E-state index is 0.297. The van der Waals surface area contributed by atoms with E-state index in [0.717, 1.165) is 31.0 Å². The van der Waals surface area contributed by atoms with Gasteiger partial charge in [-0.3, -0.25) is 4.90 Å². The summed E-state index contributed by atoms with van der Waals surface area (Å²) in [7, 11) is 0. The predicted molar refractivity (Wildman–Crippen MR) is 87.6 cm³/mol. The molecule has 0 aromatic heterocycles. The second-order valence-corrected chi connectivity index (χ2v) is 8.09. The lowest BCUT2D eigenvalue weighted by atomic mass is 9.73. The predicted octanol–water partition coefficient (Wildman–Crippen LogP) is 3.05. The van der Waals surface area contributed by atoms with E-state index in [2.05, 4.69) is 24.1 Å². The maximum Gasteiger partial charge on any atom is 0.0697 e. The lowest BCUT2D eigenvalue weighted by molar-refractivity contribution is -0.151. The van der Waals surface area contributed by atoms with Gasteiger partial charge in [0, 0.05) is 19.2 Å². The van der Waals surface area contributed by atoms with Gasteiger partial charge in [0.05, 0.1) is 5.60 Å². The Hall–Kier alpha value is -0.120. The summed E-state index contributed by atoms with van der Waals surface area (Å²) >= 11 is 0. The molecule has 3 fully saturated rings. The number of hydrogen-bond donors (Lipinski definition) is 1. The van der Waals surface area contributed by atoms with E-state index in [1.807, 2.05) is 0 Å². The van der Waals surface area contributed by atoms with Crippen molar-refractivity contribution in [3.8, 4) is 0 Å². The molecule has 0 radical (unpaired) electrons. The van der Waals surface area contributed by atoms with Crippen molar-refractivity contribution in [1.82, 2.24) is 10.2 Å². The maximum atomic E-state index is 6.10. The van der Waals surface area contributed by atoms with E-state index in [9.17, 15) is 0 Å². The summed E-state index contributed by atoms with van der Waals surface area (Å²) in [5.74, 6) is 1.62. The Morgan fingerprint density at radius 3 is 2.81 bits per heavy atom. The third-order valence-corrected chi connectivity index (χ3v) is 5.78. The van der Waals surface area contributed by atoms with Crippen LogP contribution in [0.4, 0.5) is 0 Å². The van der Waals surface area contributed by atoms with Gasteiger partial charge in [0.2, 0.25) is 0 Å². The molecule has 1 aliphatic carbocycles. The largest absolute Gasteiger partial charge is 0.375 e. The second kappa shape index (κ2) is 6.97. The fourth-order valence-corrected chi connectivity index (χ4v) is 4.40. The number of ether oxygens (including phenoxy) is 1. The molecule has 3 nitrogen and oxygen atoms in total. The van der Waals surface area contributed by atoms with E-state index in [1.54, 1.807) is 0 Å². The van der Waals surface area contributed by atoms with Crippen LogP contribution in [-0.4, -0.2) is 49.3 Å². The zero-order chi connectivity index (χ0) is 14.7. The first kappa shape index (κ1) is 15.8. The van der Waals surface area contributed by atoms with E-state index >= 15 is 0 Å². The van der Waals surface area contributed by atoms with Gasteiger partial charge in [-0.25, -0.2) is 0 Å². The van der Waals surface area contributed by atoms with Gasteiger partial charge in [0.1, 0.15) is 0 Å². The molecular weight excluding hydrogens is 260 g/mol. The van der Waals surface area contributed by atoms with Crippen molar-refractivity contribution in [1.29, 1.82) is 0 Å². The van der Waals surface area contributed by atoms with Crippen LogP contribution in [0.3, 0.4) is 0 Å². The van der Waals surface area contributed by atoms with Crippen LogP contribution in [0.15, 0.2) is 0 Å². The molecular formula is C18H34N2O. The Morgan fingerprint density at radius 1 is 1.24 bits per heavy atom. The molecule has 3 rings (SSSR count). The Bertz CT molecular complexity index is 327. The number of hydrogen-bond acceptors (Lipinski definition) is 3. The van der Waals surface area contributed by atoms with Crippen LogP contribution in [0, 0.1) is 11.8 Å². The Balaban J connectivity index is 1.46. The summed E-state index contributed by atoms with van der Waals surface area (Å²) in [5, 5.41) is 3.67. The number of rotatable bonds is 5. The average molecular weight is 294 g/mol. The molecule has 0 amide bonds. The van der Waals surface area contributed by atoms with Crippen molar-refractivity contribution in [3.05, 3.63) is 0 Å². The highest BCUT2D eigenvalue weighted by molar-refractivity contribution is 4.97. The zero-order valence-electron chi connectivity index (χ0n) is 14.1. The molecule has 0 aromatic rings. The van der Waals surface area contributed by atoms with Crippen LogP contribution in [0.2, 0.25) is 0 Å². The highest BCUT2D eigenvalue weighted by atomic mass is 16.5. The van der Waals surface area contributed by atoms with Gasteiger partial charge in [0.25, 0.3) is 0 Å². The molecule has 0 bridgehead atoms. The smallest absolute Gasteiger partial charge is 0.0697 e. The SMILES string of the molecule is CC(C)CNCC1CCCN(C2CCOC3(CCC3)C2)C1. The van der Waals surface area contributed by atoms with Crippen LogP contribution < -0.4 is 5.32 Å². The minimum Gasteiger partial charge on any atom is -0.375 e. The first-order valence-corrected chi connectivity index (χ1v) is 9.26. The number of piperidine rings is 1. The summed E-state index contributed by atoms with van der Waals surface area (Å²) in [5.41, 5.74) is 0.297. The molecule has 2 aliphatic heterocycles. The Labute approximate surface area is 130 Å². The van der Waals surface area contributed by atoms with Gasteiger partial charge < -0.3 is 10.1 Å². The molecule has 2 unspecified atom stereocenters. The molecule has 1 N–H and O–H groups in total. The third kappa shape index (κ3) is 4.00. The van der Waals surface area contributed by atoms with Gasteiger partial charge in [-0.1, -0.05) is 13.8 Å². The van der Waals surface area contributed by atoms with Crippen LogP contribution in [0.5, 0.6) is 0 Å². The van der Waals surface area contributed by atoms with E-state index in [4.69, 9.17) is 4.74 Å². The summed E-state index contributed by atoms with van der Waals surface area (Å²) in [6, 6.07) is 0.798. The fraction of sp³-hybridized carbons (Fsp3) is 1.00. The highest BCUT2D eigenvalue weighted by Crippen LogP contribution is 2.43. The molecule has 1 saturated carbocycles. The zero-order valence-corrected chi connectivity index (χ0v) is 14.1. The quantitative estimate of drug-likeness (QED) is 0.843. The Kier molecular flexibility index (Phi) is 5.23. The first-order chi connectivity index (χ1) is 10.2. The molecule has 2 heterocycles. The molecule has 21 heavy (non-hydrogen) atoms. The van der Waals surface area contributed by atoms with Gasteiger partial charge in [-0.15, -0.1) is 0 Å². The molecule has 3 aliphatic rings. The molecule has 122 valence electrons. The lowest BCUT2D eigenvalue weighted by Crippen LogP contribution is -2.54. The van der Waals surface area contributed by atoms with Crippen molar-refractivity contribution >= 4 is 0 Å². The molecule has 2 atom stereocenters. The van der Waals surface area contributed by atoms with Crippen molar-refractivity contribution in [2.24, 2.45) is 11.8 Å². The highest BCUT2D eigenvalue weighted by Gasteiger charge is 2.44. The standard InChI is InChI=1S/C18H34N2O/c1-15(2)12-19-13-16-5-3-9-20(14-16)17-6-10-21-18(11-17)7-4-8-18/h15-17,19H,3-14H2,1-2H3. The first-order valence-electron chi connectivity index (χ1n) is 9.26. The van der Waals surface area contributed by atoms with Gasteiger partial charge in [0.15, 0.2) is 0 Å². The third-order valence-electron chi connectivity index (χ3n) is 5.78. The topological polar surface area (TPSA) is 24.5 Å².